The number of amides is 2. The first-order valence-electron chi connectivity index (χ1n) is 6.91. The third-order valence-corrected chi connectivity index (χ3v) is 3.41. The van der Waals surface area contributed by atoms with Crippen molar-refractivity contribution in [3.63, 3.8) is 0 Å². The smallest absolute Gasteiger partial charge is 0.329 e. The Morgan fingerprint density at radius 3 is 2.48 bits per heavy atom. The van der Waals surface area contributed by atoms with E-state index in [0.717, 1.165) is 0 Å². The predicted molar refractivity (Wildman–Crippen MR) is 72.8 cm³/mol. The van der Waals surface area contributed by atoms with E-state index in [1.54, 1.807) is 6.92 Å². The number of urea groups is 1. The average Bonchev–Trinajstić information content (AvgIpc) is 2.45. The van der Waals surface area contributed by atoms with Crippen LogP contribution < -0.4 is 5.32 Å². The molecule has 0 aliphatic carbocycles. The highest BCUT2D eigenvalue weighted by molar-refractivity contribution is 5.86. The molecule has 0 saturated carbocycles. The van der Waals surface area contributed by atoms with Gasteiger partial charge in [0, 0.05) is 39.6 Å². The van der Waals surface area contributed by atoms with E-state index in [-0.39, 0.29) is 32.4 Å². The Hall–Kier alpha value is -1.83. The quantitative estimate of drug-likeness (QED) is 0.680. The Labute approximate surface area is 123 Å². The maximum atomic E-state index is 12.0. The third kappa shape index (κ3) is 4.89. The topological polar surface area (TPSA) is 105 Å². The molecular weight excluding hydrogens is 280 g/mol. The second-order valence-electron chi connectivity index (χ2n) is 4.91. The first-order chi connectivity index (χ1) is 9.91. The zero-order chi connectivity index (χ0) is 15.9. The molecule has 0 aromatic carbocycles. The van der Waals surface area contributed by atoms with E-state index >= 15 is 0 Å². The highest BCUT2D eigenvalue weighted by Gasteiger charge is 2.42. The number of carboxylic acids is 1. The fourth-order valence-electron chi connectivity index (χ4n) is 2.01. The number of nitrogens with one attached hydrogen (secondary N) is 1. The fourth-order valence-corrected chi connectivity index (χ4v) is 2.01. The number of hydrogen-bond donors (Lipinski definition) is 2. The molecular formula is C13H22N2O6. The Bertz CT molecular complexity index is 392. The molecule has 1 saturated heterocycles. The monoisotopic (exact) mass is 302 g/mol. The molecule has 1 aliphatic heterocycles. The van der Waals surface area contributed by atoms with Gasteiger partial charge in [-0.25, -0.2) is 9.59 Å². The van der Waals surface area contributed by atoms with E-state index in [2.05, 4.69) is 5.32 Å². The van der Waals surface area contributed by atoms with Crippen molar-refractivity contribution in [3.8, 4) is 0 Å². The summed E-state index contributed by atoms with van der Waals surface area (Å²) in [5, 5.41) is 11.9. The van der Waals surface area contributed by atoms with Crippen molar-refractivity contribution in [2.75, 3.05) is 33.4 Å². The summed E-state index contributed by atoms with van der Waals surface area (Å²) in [4.78, 5) is 36.0. The first kappa shape index (κ1) is 17.2. The van der Waals surface area contributed by atoms with Crippen LogP contribution in [0.1, 0.15) is 26.2 Å². The molecule has 1 heterocycles. The van der Waals surface area contributed by atoms with Gasteiger partial charge in [-0.15, -0.1) is 0 Å². The van der Waals surface area contributed by atoms with E-state index < -0.39 is 23.5 Å². The minimum Gasteiger partial charge on any atom is -0.480 e. The van der Waals surface area contributed by atoms with Crippen molar-refractivity contribution in [1.29, 1.82) is 0 Å². The zero-order valence-electron chi connectivity index (χ0n) is 12.4. The lowest BCUT2D eigenvalue weighted by atomic mass is 9.90. The molecule has 8 heteroatoms. The van der Waals surface area contributed by atoms with Gasteiger partial charge in [0.25, 0.3) is 0 Å². The average molecular weight is 302 g/mol. The van der Waals surface area contributed by atoms with Crippen LogP contribution in [0.15, 0.2) is 0 Å². The highest BCUT2D eigenvalue weighted by atomic mass is 16.5. The Morgan fingerprint density at radius 1 is 1.33 bits per heavy atom. The number of hydrogen-bond acceptors (Lipinski definition) is 5. The minimum atomic E-state index is -1.30. The van der Waals surface area contributed by atoms with Crippen molar-refractivity contribution in [3.05, 3.63) is 0 Å². The summed E-state index contributed by atoms with van der Waals surface area (Å²) in [7, 11) is 1.50. The van der Waals surface area contributed by atoms with Gasteiger partial charge in [0.2, 0.25) is 0 Å². The number of aliphatic carboxylic acids is 1. The zero-order valence-corrected chi connectivity index (χ0v) is 12.4. The molecule has 0 radical (unpaired) electrons. The van der Waals surface area contributed by atoms with Gasteiger partial charge >= 0.3 is 18.0 Å². The number of esters is 1. The summed E-state index contributed by atoms with van der Waals surface area (Å²) in [6.07, 6.45) is 0.514. The SMILES string of the molecule is CCOC(=O)CCN(C)C(=O)NC1(C(=O)O)CCOCC1. The number of carboxylic acid groups (broad SMARTS) is 1. The van der Waals surface area contributed by atoms with Gasteiger partial charge in [0.1, 0.15) is 5.54 Å². The van der Waals surface area contributed by atoms with Gasteiger partial charge in [0.15, 0.2) is 0 Å². The van der Waals surface area contributed by atoms with Gasteiger partial charge in [0.05, 0.1) is 13.0 Å². The molecule has 1 aliphatic rings. The van der Waals surface area contributed by atoms with Crippen molar-refractivity contribution >= 4 is 18.0 Å². The fraction of sp³-hybridized carbons (Fsp3) is 0.769. The first-order valence-corrected chi connectivity index (χ1v) is 6.91. The van der Waals surface area contributed by atoms with Gasteiger partial charge in [-0.05, 0) is 6.92 Å². The van der Waals surface area contributed by atoms with Crippen LogP contribution in [-0.2, 0) is 19.1 Å². The lowest BCUT2D eigenvalue weighted by Crippen LogP contribution is -2.59. The normalized spacial score (nSPS) is 16.9. The van der Waals surface area contributed by atoms with E-state index in [1.165, 1.54) is 11.9 Å². The standard InChI is InChI=1S/C13H22N2O6/c1-3-21-10(16)4-7-15(2)12(19)14-13(11(17)18)5-8-20-9-6-13/h3-9H2,1-2H3,(H,14,19)(H,17,18). The summed E-state index contributed by atoms with van der Waals surface area (Å²) in [5.74, 6) is -1.46. The molecule has 1 fully saturated rings. The van der Waals surface area contributed by atoms with Crippen molar-refractivity contribution in [2.45, 2.75) is 31.7 Å². The van der Waals surface area contributed by atoms with Gasteiger partial charge in [-0.2, -0.15) is 0 Å². The van der Waals surface area contributed by atoms with Crippen LogP contribution in [0.3, 0.4) is 0 Å². The van der Waals surface area contributed by atoms with E-state index in [9.17, 15) is 19.5 Å². The van der Waals surface area contributed by atoms with Gasteiger partial charge in [-0.1, -0.05) is 0 Å². The summed E-state index contributed by atoms with van der Waals surface area (Å²) in [5.41, 5.74) is -1.30. The Kier molecular flexibility index (Phi) is 6.41. The maximum absolute atomic E-state index is 12.0. The molecule has 120 valence electrons. The van der Waals surface area contributed by atoms with Crippen molar-refractivity contribution < 1.29 is 29.0 Å². The third-order valence-electron chi connectivity index (χ3n) is 3.41. The van der Waals surface area contributed by atoms with Crippen LogP contribution in [0, 0.1) is 0 Å². The van der Waals surface area contributed by atoms with Crippen LogP contribution in [0.2, 0.25) is 0 Å². The number of nitrogens with zero attached hydrogens (tertiary/aromatic N) is 1. The Morgan fingerprint density at radius 2 is 1.95 bits per heavy atom. The molecule has 0 aromatic rings. The molecule has 0 spiro atoms. The summed E-state index contributed by atoms with van der Waals surface area (Å²) in [6.45, 7) is 2.74. The van der Waals surface area contributed by atoms with E-state index in [4.69, 9.17) is 9.47 Å². The molecule has 0 aromatic heterocycles. The molecule has 0 atom stereocenters. The number of carbonyl (C=O) groups is 3. The van der Waals surface area contributed by atoms with Crippen LogP contribution in [0.5, 0.6) is 0 Å². The maximum Gasteiger partial charge on any atom is 0.329 e. The second kappa shape index (κ2) is 7.82. The molecule has 2 amide bonds. The second-order valence-corrected chi connectivity index (χ2v) is 4.91. The largest absolute Gasteiger partial charge is 0.480 e. The molecule has 8 nitrogen and oxygen atoms in total. The van der Waals surface area contributed by atoms with Crippen molar-refractivity contribution in [2.24, 2.45) is 0 Å². The van der Waals surface area contributed by atoms with Crippen LogP contribution in [0.4, 0.5) is 4.79 Å². The van der Waals surface area contributed by atoms with Crippen LogP contribution in [-0.4, -0.2) is 66.9 Å². The Balaban J connectivity index is 2.53. The summed E-state index contributed by atoms with van der Waals surface area (Å²) < 4.78 is 9.91. The van der Waals surface area contributed by atoms with Gasteiger partial charge in [-0.3, -0.25) is 4.79 Å². The highest BCUT2D eigenvalue weighted by Crippen LogP contribution is 2.21. The van der Waals surface area contributed by atoms with E-state index in [1.807, 2.05) is 0 Å². The van der Waals surface area contributed by atoms with Crippen LogP contribution >= 0.6 is 0 Å². The number of rotatable bonds is 6. The van der Waals surface area contributed by atoms with E-state index in [0.29, 0.717) is 13.2 Å². The number of ether oxygens (including phenoxy) is 2. The summed E-state index contributed by atoms with van der Waals surface area (Å²) >= 11 is 0. The number of carbonyl (C=O) groups excluding carboxylic acids is 2. The van der Waals surface area contributed by atoms with Crippen LogP contribution in [0.25, 0.3) is 0 Å². The molecule has 0 bridgehead atoms. The molecule has 21 heavy (non-hydrogen) atoms. The molecule has 2 N–H and O–H groups in total. The predicted octanol–water partition coefficient (Wildman–Crippen LogP) is 0.215. The molecule has 1 rings (SSSR count). The molecule has 0 unspecified atom stereocenters. The lowest BCUT2D eigenvalue weighted by molar-refractivity contribution is -0.148. The summed E-state index contributed by atoms with van der Waals surface area (Å²) in [6, 6.07) is -0.524. The lowest BCUT2D eigenvalue weighted by Gasteiger charge is -2.35. The van der Waals surface area contributed by atoms with Gasteiger partial charge < -0.3 is 24.8 Å². The van der Waals surface area contributed by atoms with Crippen molar-refractivity contribution in [1.82, 2.24) is 10.2 Å². The minimum absolute atomic E-state index is 0.0704.